The van der Waals surface area contributed by atoms with Crippen molar-refractivity contribution in [3.05, 3.63) is 63.6 Å². The summed E-state index contributed by atoms with van der Waals surface area (Å²) in [7, 11) is -3.47. The Bertz CT molecular complexity index is 825. The second-order valence-electron chi connectivity index (χ2n) is 5.34. The third-order valence-electron chi connectivity index (χ3n) is 3.39. The van der Waals surface area contributed by atoms with Crippen LogP contribution >= 0.6 is 30.8 Å². The number of halogens is 2. The van der Waals surface area contributed by atoms with E-state index in [1.165, 1.54) is 12.1 Å². The van der Waals surface area contributed by atoms with Gasteiger partial charge in [-0.1, -0.05) is 53.0 Å². The second-order valence-corrected chi connectivity index (χ2v) is 8.10. The molecule has 140 valence electrons. The van der Waals surface area contributed by atoms with Crippen molar-refractivity contribution in [2.75, 3.05) is 13.7 Å². The Morgan fingerprint density at radius 2 is 1.85 bits per heavy atom. The molecule has 0 saturated carbocycles. The van der Waals surface area contributed by atoms with Crippen molar-refractivity contribution in [2.45, 2.75) is 12.8 Å². The first-order chi connectivity index (χ1) is 12.2. The van der Waals surface area contributed by atoms with Crippen molar-refractivity contribution in [1.82, 2.24) is 0 Å². The summed E-state index contributed by atoms with van der Waals surface area (Å²) in [5.41, 5.74) is 1.20. The maximum absolute atomic E-state index is 12.1. The second kappa shape index (κ2) is 8.89. The molecule has 0 N–H and O–H groups in total. The third kappa shape index (κ3) is 5.47. The number of esters is 1. The van der Waals surface area contributed by atoms with Crippen molar-refractivity contribution in [2.24, 2.45) is 0 Å². The Balaban J connectivity index is 2.11. The van der Waals surface area contributed by atoms with Gasteiger partial charge in [0, 0.05) is 17.7 Å². The summed E-state index contributed by atoms with van der Waals surface area (Å²) in [4.78, 5) is 24.2. The van der Waals surface area contributed by atoms with Crippen molar-refractivity contribution in [1.29, 1.82) is 0 Å². The predicted octanol–water partition coefficient (Wildman–Crippen LogP) is 4.12. The molecule has 9 heteroatoms. The number of ether oxygens (including phenoxy) is 2. The fraction of sp³-hybridized carbons (Fsp3) is 0.235. The minimum absolute atomic E-state index is 0.215. The van der Waals surface area contributed by atoms with E-state index in [1.54, 1.807) is 30.3 Å². The van der Waals surface area contributed by atoms with E-state index in [0.29, 0.717) is 5.02 Å². The Hall–Kier alpha value is -1.56. The zero-order valence-corrected chi connectivity index (χ0v) is 16.4. The summed E-state index contributed by atoms with van der Waals surface area (Å²) in [5, 5.41) is 0.628. The van der Waals surface area contributed by atoms with Crippen LogP contribution in [0.25, 0.3) is 0 Å². The van der Waals surface area contributed by atoms with Gasteiger partial charge in [0.05, 0.1) is 5.02 Å². The molecule has 2 aromatic rings. The van der Waals surface area contributed by atoms with Gasteiger partial charge in [0.25, 0.3) is 0 Å². The average molecular weight is 418 g/mol. The van der Waals surface area contributed by atoms with Gasteiger partial charge in [-0.05, 0) is 25.1 Å². The lowest BCUT2D eigenvalue weighted by molar-refractivity contribution is -0.209. The Morgan fingerprint density at radius 3 is 2.42 bits per heavy atom. The summed E-state index contributed by atoms with van der Waals surface area (Å²) in [6.07, 6.45) is 0. The molecule has 2 atom stereocenters. The van der Waals surface area contributed by atoms with Gasteiger partial charge in [-0.25, -0.2) is 4.79 Å². The minimum Gasteiger partial charge on any atom is -0.776 e. The van der Waals surface area contributed by atoms with E-state index in [-0.39, 0.29) is 16.3 Å². The highest BCUT2D eigenvalue weighted by Crippen LogP contribution is 2.52. The molecule has 0 radical (unpaired) electrons. The molecule has 6 nitrogen and oxygen atoms in total. The zero-order valence-electron chi connectivity index (χ0n) is 14.0. The number of carbonyl (C=O) groups is 1. The topological polar surface area (TPSA) is 84.9 Å². The number of benzene rings is 2. The number of carbonyl (C=O) groups excluding carboxylic acids is 1. The Morgan fingerprint density at radius 1 is 1.19 bits per heavy atom. The van der Waals surface area contributed by atoms with Crippen molar-refractivity contribution >= 4 is 36.8 Å². The van der Waals surface area contributed by atoms with Gasteiger partial charge in [0.1, 0.15) is 5.75 Å². The van der Waals surface area contributed by atoms with E-state index < -0.39 is 26.0 Å². The van der Waals surface area contributed by atoms with Crippen molar-refractivity contribution in [3.63, 3.8) is 0 Å². The lowest BCUT2D eigenvalue weighted by Crippen LogP contribution is -2.22. The van der Waals surface area contributed by atoms with Gasteiger partial charge in [-0.15, -0.1) is 0 Å². The third-order valence-corrected chi connectivity index (χ3v) is 5.40. The van der Waals surface area contributed by atoms with E-state index in [0.717, 1.165) is 12.7 Å². The molecular weight excluding hydrogens is 402 g/mol. The summed E-state index contributed by atoms with van der Waals surface area (Å²) in [6, 6.07) is 11.0. The molecule has 26 heavy (non-hydrogen) atoms. The first-order valence-corrected chi connectivity index (χ1v) is 9.80. The average Bonchev–Trinajstić information content (AvgIpc) is 2.59. The van der Waals surface area contributed by atoms with Gasteiger partial charge in [-0.3, -0.25) is 0 Å². The smallest absolute Gasteiger partial charge is 0.345 e. The fourth-order valence-corrected chi connectivity index (χ4v) is 3.47. The van der Waals surface area contributed by atoms with Crippen molar-refractivity contribution < 1.29 is 28.3 Å². The molecule has 0 spiro atoms. The highest BCUT2D eigenvalue weighted by Gasteiger charge is 2.28. The van der Waals surface area contributed by atoms with Crippen LogP contribution in [0.1, 0.15) is 17.0 Å². The lowest BCUT2D eigenvalue weighted by atomic mass is 10.2. The van der Waals surface area contributed by atoms with Crippen molar-refractivity contribution in [3.8, 4) is 5.75 Å². The highest BCUT2D eigenvalue weighted by atomic mass is 35.5. The summed E-state index contributed by atoms with van der Waals surface area (Å²) in [6.45, 7) is 1.31. The number of hydrogen-bond donors (Lipinski definition) is 0. The van der Waals surface area contributed by atoms with E-state index in [4.69, 9.17) is 32.7 Å². The summed E-state index contributed by atoms with van der Waals surface area (Å²) in [5.74, 6) is -2.25. The lowest BCUT2D eigenvalue weighted by Gasteiger charge is -2.30. The maximum atomic E-state index is 12.1. The molecule has 0 bridgehead atoms. The van der Waals surface area contributed by atoms with Crippen LogP contribution in [-0.4, -0.2) is 19.7 Å². The first-order valence-electron chi connectivity index (χ1n) is 7.43. The molecule has 0 saturated heterocycles. The van der Waals surface area contributed by atoms with Crippen LogP contribution in [0.2, 0.25) is 10.0 Å². The largest absolute Gasteiger partial charge is 0.776 e. The summed E-state index contributed by atoms with van der Waals surface area (Å²) < 4.78 is 27.0. The van der Waals surface area contributed by atoms with Crippen LogP contribution in [0, 0.1) is 6.92 Å². The molecule has 0 heterocycles. The fourth-order valence-electron chi connectivity index (χ4n) is 2.03. The van der Waals surface area contributed by atoms with Crippen LogP contribution in [0.3, 0.4) is 0 Å². The highest BCUT2D eigenvalue weighted by molar-refractivity contribution is 7.51. The van der Waals surface area contributed by atoms with E-state index in [2.05, 4.69) is 4.52 Å². The van der Waals surface area contributed by atoms with Gasteiger partial charge in [0.15, 0.2) is 20.0 Å². The normalized spacial score (nSPS) is 14.3. The quantitative estimate of drug-likeness (QED) is 0.497. The molecule has 0 aliphatic heterocycles. The summed E-state index contributed by atoms with van der Waals surface area (Å²) >= 11 is 11.7. The number of hydrogen-bond acceptors (Lipinski definition) is 6. The molecular formula is C17H16Cl2O6P-. The molecule has 0 amide bonds. The van der Waals surface area contributed by atoms with Crippen LogP contribution in [0.15, 0.2) is 42.5 Å². The van der Waals surface area contributed by atoms with E-state index >= 15 is 0 Å². The van der Waals surface area contributed by atoms with Crippen LogP contribution in [-0.2, 0) is 18.6 Å². The molecule has 0 fully saturated rings. The molecule has 0 aliphatic rings. The molecule has 2 rings (SSSR count). The van der Waals surface area contributed by atoms with Crippen LogP contribution in [0.5, 0.6) is 5.75 Å². The molecule has 0 aliphatic carbocycles. The molecule has 2 aromatic carbocycles. The zero-order chi connectivity index (χ0) is 19.3. The Labute approximate surface area is 161 Å². The van der Waals surface area contributed by atoms with Gasteiger partial charge in [0.2, 0.25) is 0 Å². The monoisotopic (exact) mass is 417 g/mol. The van der Waals surface area contributed by atoms with Gasteiger partial charge in [-0.2, -0.15) is 0 Å². The standard InChI is InChI=1S/C17H17Cl2O6P/c1-11-3-5-12(6-4-11)17(26(21,22)23-2)25-16(20)10-24-15-8-7-13(18)9-14(15)19/h3-9,17H,10H2,1-2H3,(H,21,22)/p-1. The van der Waals surface area contributed by atoms with Crippen LogP contribution in [0.4, 0.5) is 0 Å². The van der Waals surface area contributed by atoms with E-state index in [1.807, 2.05) is 6.92 Å². The minimum atomic E-state index is -4.48. The number of aryl methyl sites for hydroxylation is 1. The molecule has 0 aromatic heterocycles. The molecule has 2 unspecified atom stereocenters. The Kier molecular flexibility index (Phi) is 7.09. The van der Waals surface area contributed by atoms with Gasteiger partial charge < -0.3 is 23.5 Å². The predicted molar refractivity (Wildman–Crippen MR) is 96.6 cm³/mol. The van der Waals surface area contributed by atoms with E-state index in [9.17, 15) is 14.3 Å². The number of rotatable bonds is 7. The van der Waals surface area contributed by atoms with Crippen LogP contribution < -0.4 is 9.63 Å². The SMILES string of the molecule is COP(=O)([O-])C(OC(=O)COc1ccc(Cl)cc1Cl)c1ccc(C)cc1. The van der Waals surface area contributed by atoms with Gasteiger partial charge >= 0.3 is 5.97 Å². The first kappa shape index (κ1) is 20.7. The maximum Gasteiger partial charge on any atom is 0.345 e.